The second-order valence-electron chi connectivity index (χ2n) is 14.0. The average Bonchev–Trinajstić information content (AvgIpc) is 3.40. The van der Waals surface area contributed by atoms with Gasteiger partial charge in [0.1, 0.15) is 51.7 Å². The maximum atomic E-state index is 13.1. The molecular weight excluding hydrogens is 1110 g/mol. The zero-order valence-corrected chi connectivity index (χ0v) is 43.7. The van der Waals surface area contributed by atoms with Crippen molar-refractivity contribution in [1.29, 1.82) is 0 Å². The zero-order chi connectivity index (χ0) is 49.9. The first-order valence-corrected chi connectivity index (χ1v) is 27.8. The summed E-state index contributed by atoms with van der Waals surface area (Å²) in [4.78, 5) is 0. The Morgan fingerprint density at radius 2 is 0.292 bits per heavy atom. The van der Waals surface area contributed by atoms with Crippen molar-refractivity contribution in [1.82, 2.24) is 0 Å². The zero-order valence-electron chi connectivity index (χ0n) is 37.8. The van der Waals surface area contributed by atoms with Crippen molar-refractivity contribution < 1.29 is 71.7 Å². The van der Waals surface area contributed by atoms with Gasteiger partial charge < -0.3 is 40.7 Å². The summed E-state index contributed by atoms with van der Waals surface area (Å²) < 4.78 is 88.9. The Hall–Kier alpha value is -6.93. The fourth-order valence-electron chi connectivity index (χ4n) is 5.66. The van der Waals surface area contributed by atoms with E-state index in [0.29, 0.717) is 51.7 Å². The van der Waals surface area contributed by atoms with Crippen LogP contribution in [0.15, 0.2) is 273 Å². The molecule has 0 radical (unpaired) electrons. The minimum absolute atomic E-state index is 0. The fraction of sp³-hybridized carbons (Fsp3) is 0. The van der Waals surface area contributed by atoms with Crippen LogP contribution in [0.2, 0.25) is 0 Å². The van der Waals surface area contributed by atoms with E-state index in [1.165, 1.54) is 0 Å². The van der Waals surface area contributed by atoms with Gasteiger partial charge in [-0.2, -0.15) is 13.7 Å². The van der Waals surface area contributed by atoms with Gasteiger partial charge in [-0.25, -0.2) is 0 Å². The Morgan fingerprint density at radius 1 is 0.208 bits per heavy atom. The van der Waals surface area contributed by atoms with Gasteiger partial charge in [0.25, 0.3) is 0 Å². The van der Waals surface area contributed by atoms with Crippen LogP contribution in [0, 0.1) is 0 Å². The summed E-state index contributed by atoms with van der Waals surface area (Å²) in [5.74, 6) is 3.65. The molecule has 9 rings (SSSR count). The van der Waals surface area contributed by atoms with E-state index >= 15 is 0 Å². The average molecular weight is 1150 g/mol. The number of phosphoric acid groups is 3. The third-order valence-corrected chi connectivity index (χ3v) is 12.6. The van der Waals surface area contributed by atoms with Crippen molar-refractivity contribution in [2.24, 2.45) is 0 Å². The molecule has 9 aromatic rings. The van der Waals surface area contributed by atoms with Gasteiger partial charge in [0, 0.05) is 0 Å². The number of benzene rings is 9. The molecule has 0 aromatic heterocycles. The van der Waals surface area contributed by atoms with Gasteiger partial charge in [-0.3, -0.25) is 0 Å². The van der Waals surface area contributed by atoms with Gasteiger partial charge >= 0.3 is 50.5 Å². The predicted molar refractivity (Wildman–Crippen MR) is 280 cm³/mol. The predicted octanol–water partition coefficient (Wildman–Crippen LogP) is 17.1. The Bertz CT molecular complexity index is 2350. The van der Waals surface area contributed by atoms with E-state index in [9.17, 15) is 13.7 Å². The van der Waals surface area contributed by atoms with E-state index in [1.54, 1.807) is 218 Å². The van der Waals surface area contributed by atoms with Gasteiger partial charge in [-0.05, 0) is 109 Å². The van der Waals surface area contributed by atoms with Crippen LogP contribution in [0.25, 0.3) is 0 Å². The molecule has 0 amide bonds. The van der Waals surface area contributed by atoms with Crippen molar-refractivity contribution in [2.75, 3.05) is 0 Å². The molecule has 0 atom stereocenters. The molecular formula is C54H46Cl2O12P3Rh. The van der Waals surface area contributed by atoms with E-state index in [-0.39, 0.29) is 12.4 Å². The second-order valence-corrected chi connectivity index (χ2v) is 18.3. The summed E-state index contributed by atoms with van der Waals surface area (Å²) >= 11 is 2.02. The Labute approximate surface area is 439 Å². The van der Waals surface area contributed by atoms with Gasteiger partial charge in [0.15, 0.2) is 0 Å². The van der Waals surface area contributed by atoms with Crippen molar-refractivity contribution in [3.63, 3.8) is 0 Å². The summed E-state index contributed by atoms with van der Waals surface area (Å²) in [5, 5.41) is 0. The van der Waals surface area contributed by atoms with Crippen LogP contribution in [0.1, 0.15) is 0 Å². The van der Waals surface area contributed by atoms with Gasteiger partial charge in [0.2, 0.25) is 0 Å². The molecule has 0 aliphatic heterocycles. The van der Waals surface area contributed by atoms with Crippen LogP contribution in [-0.4, -0.2) is 0 Å². The van der Waals surface area contributed by atoms with Crippen molar-refractivity contribution >= 4 is 45.6 Å². The number of rotatable bonds is 18. The van der Waals surface area contributed by atoms with Crippen molar-refractivity contribution in [3.05, 3.63) is 273 Å². The molecule has 0 unspecified atom stereocenters. The molecule has 72 heavy (non-hydrogen) atoms. The van der Waals surface area contributed by atoms with E-state index < -0.39 is 23.5 Å². The topological polar surface area (TPSA) is 134 Å². The molecule has 0 heterocycles. The van der Waals surface area contributed by atoms with Crippen LogP contribution >= 0.6 is 45.6 Å². The van der Waals surface area contributed by atoms with Crippen LogP contribution in [0.4, 0.5) is 0 Å². The van der Waals surface area contributed by atoms with Gasteiger partial charge in [-0.1, -0.05) is 164 Å². The van der Waals surface area contributed by atoms with Gasteiger partial charge in [0.05, 0.1) is 0 Å². The number of hydrogen-bond acceptors (Lipinski definition) is 12. The summed E-state index contributed by atoms with van der Waals surface area (Å²) in [6, 6.07) is 79.1. The molecule has 0 aliphatic rings. The number of halogens is 2. The van der Waals surface area contributed by atoms with Crippen LogP contribution < -0.4 is 40.7 Å². The molecule has 12 nitrogen and oxygen atoms in total. The third kappa shape index (κ3) is 20.1. The maximum absolute atomic E-state index is 13.1. The minimum atomic E-state index is -3.89. The summed E-state index contributed by atoms with van der Waals surface area (Å²) in [7, 11) is -7.13. The first-order chi connectivity index (χ1) is 34.7. The molecule has 0 N–H and O–H groups in total. The molecule has 372 valence electrons. The summed E-state index contributed by atoms with van der Waals surface area (Å²) in [6.07, 6.45) is 0. The van der Waals surface area contributed by atoms with Crippen molar-refractivity contribution in [3.8, 4) is 51.7 Å². The normalized spacial score (nSPS) is 10.4. The first-order valence-electron chi connectivity index (χ1n) is 21.4. The van der Waals surface area contributed by atoms with Gasteiger partial charge in [-0.15, -0.1) is 12.4 Å². The van der Waals surface area contributed by atoms with E-state index in [0.717, 1.165) is 0 Å². The molecule has 0 saturated heterocycles. The summed E-state index contributed by atoms with van der Waals surface area (Å²) in [5.41, 5.74) is 0. The third-order valence-electron chi connectivity index (χ3n) is 8.64. The van der Waals surface area contributed by atoms with Crippen molar-refractivity contribution in [2.45, 2.75) is 0 Å². The number of hydrogen-bond donors (Lipinski definition) is 0. The standard InChI is InChI=1S/3C18H15O4P.2ClH.Rh/c3*19-23(20-16-10-4-1-5-11-16,21-17-12-6-2-7-13-17)22-18-14-8-3-9-15-18;;;/h3*1-15H;2*1H;/q;;;;;+1/p-1. The molecule has 0 bridgehead atoms. The van der Waals surface area contributed by atoms with Crippen LogP contribution in [0.5, 0.6) is 51.7 Å². The number of para-hydroxylation sites is 9. The van der Waals surface area contributed by atoms with E-state index in [2.05, 4.69) is 9.69 Å². The molecule has 0 fully saturated rings. The SMILES string of the molecule is Cl.O=P(Oc1ccccc1)(Oc1ccccc1)Oc1ccccc1.O=P(Oc1ccccc1)(Oc1ccccc1)Oc1ccccc1.O=P(Oc1ccccc1)(Oc1ccccc1)Oc1ccccc1.[Cl][Rh]. The molecule has 0 aliphatic carbocycles. The van der Waals surface area contributed by atoms with E-state index in [1.807, 2.05) is 71.9 Å². The quantitative estimate of drug-likeness (QED) is 0.0598. The molecule has 0 saturated carbocycles. The number of phosphoric ester groups is 3. The Morgan fingerprint density at radius 3 is 0.375 bits per heavy atom. The Balaban J connectivity index is 0.000000196. The van der Waals surface area contributed by atoms with E-state index in [4.69, 9.17) is 40.7 Å². The van der Waals surface area contributed by atoms with Crippen LogP contribution in [-0.2, 0) is 31.0 Å². The Kier molecular flexibility index (Phi) is 23.4. The summed E-state index contributed by atoms with van der Waals surface area (Å²) in [6.45, 7) is 0. The molecule has 18 heteroatoms. The first kappa shape index (κ1) is 56.0. The molecule has 9 aromatic carbocycles. The molecule has 0 spiro atoms. The van der Waals surface area contributed by atoms with Crippen LogP contribution in [0.3, 0.4) is 0 Å². The fourth-order valence-corrected chi connectivity index (χ4v) is 9.42. The second kappa shape index (κ2) is 30.1. The monoisotopic (exact) mass is 1150 g/mol.